The summed E-state index contributed by atoms with van der Waals surface area (Å²) < 4.78 is 10.3. The van der Waals surface area contributed by atoms with Crippen LogP contribution < -0.4 is 5.32 Å². The largest absolute Gasteiger partial charge is 0.494 e. The van der Waals surface area contributed by atoms with Crippen LogP contribution in [0.1, 0.15) is 11.1 Å². The molecule has 4 nitrogen and oxygen atoms in total. The Hall–Kier alpha value is -1.97. The number of carbonyl (C=O) groups excluding carboxylic acids is 1. The summed E-state index contributed by atoms with van der Waals surface area (Å²) in [6, 6.07) is 5.87. The predicted molar refractivity (Wildman–Crippen MR) is 64.5 cm³/mol. The molecular formula is C13H15NO3. The number of hydrogen-bond acceptors (Lipinski definition) is 3. The Bertz CT molecular complexity index is 445. The van der Waals surface area contributed by atoms with Crippen LogP contribution in [0.15, 0.2) is 30.2 Å². The van der Waals surface area contributed by atoms with Crippen molar-refractivity contribution in [2.45, 2.75) is 13.8 Å². The lowest BCUT2D eigenvalue weighted by atomic mass is 10.1. The van der Waals surface area contributed by atoms with Crippen molar-refractivity contribution >= 4 is 11.6 Å². The first-order valence-corrected chi connectivity index (χ1v) is 5.50. The van der Waals surface area contributed by atoms with Gasteiger partial charge in [-0.3, -0.25) is 4.79 Å². The van der Waals surface area contributed by atoms with Crippen LogP contribution in [0.5, 0.6) is 0 Å². The molecule has 1 aliphatic heterocycles. The van der Waals surface area contributed by atoms with Gasteiger partial charge >= 0.3 is 0 Å². The van der Waals surface area contributed by atoms with Gasteiger partial charge < -0.3 is 14.8 Å². The normalized spacial score (nSPS) is 14.4. The van der Waals surface area contributed by atoms with Crippen molar-refractivity contribution < 1.29 is 14.3 Å². The van der Waals surface area contributed by atoms with Crippen molar-refractivity contribution in [3.05, 3.63) is 41.3 Å². The van der Waals surface area contributed by atoms with Crippen LogP contribution in [0.2, 0.25) is 0 Å². The molecule has 1 N–H and O–H groups in total. The highest BCUT2D eigenvalue weighted by molar-refractivity contribution is 6.03. The van der Waals surface area contributed by atoms with Crippen LogP contribution in [-0.4, -0.2) is 19.1 Å². The van der Waals surface area contributed by atoms with Gasteiger partial charge in [-0.2, -0.15) is 0 Å². The molecule has 0 bridgehead atoms. The van der Waals surface area contributed by atoms with Crippen LogP contribution in [0, 0.1) is 13.8 Å². The molecule has 1 amide bonds. The first-order valence-electron chi connectivity index (χ1n) is 5.50. The second kappa shape index (κ2) is 4.91. The summed E-state index contributed by atoms with van der Waals surface area (Å²) in [5.41, 5.74) is 2.87. The van der Waals surface area contributed by atoms with E-state index in [1.807, 2.05) is 32.0 Å². The monoisotopic (exact) mass is 233 g/mol. The van der Waals surface area contributed by atoms with Crippen molar-refractivity contribution in [3.63, 3.8) is 0 Å². The van der Waals surface area contributed by atoms with Crippen molar-refractivity contribution in [2.75, 3.05) is 18.5 Å². The quantitative estimate of drug-likeness (QED) is 0.851. The minimum atomic E-state index is -0.276. The fourth-order valence-corrected chi connectivity index (χ4v) is 1.67. The predicted octanol–water partition coefficient (Wildman–Crippen LogP) is 2.13. The first-order chi connectivity index (χ1) is 8.18. The molecular weight excluding hydrogens is 218 g/mol. The standard InChI is InChI=1S/C13H15NO3/c1-9-4-3-5-10(2)12(9)14-13(15)11-8-16-6-7-17-11/h3-5,8H,6-7H2,1-2H3,(H,14,15). The molecule has 0 fully saturated rings. The Labute approximate surface area is 100 Å². The van der Waals surface area contributed by atoms with E-state index in [4.69, 9.17) is 9.47 Å². The van der Waals surface area contributed by atoms with Gasteiger partial charge in [-0.15, -0.1) is 0 Å². The first kappa shape index (κ1) is 11.5. The summed E-state index contributed by atoms with van der Waals surface area (Å²) in [6.07, 6.45) is 1.35. The maximum atomic E-state index is 11.9. The number of hydrogen-bond donors (Lipinski definition) is 1. The molecule has 1 aromatic rings. The van der Waals surface area contributed by atoms with Gasteiger partial charge in [-0.25, -0.2) is 0 Å². The summed E-state index contributed by atoms with van der Waals surface area (Å²) in [4.78, 5) is 11.9. The highest BCUT2D eigenvalue weighted by Crippen LogP contribution is 2.20. The van der Waals surface area contributed by atoms with E-state index in [9.17, 15) is 4.79 Å². The minimum Gasteiger partial charge on any atom is -0.494 e. The fraction of sp³-hybridized carbons (Fsp3) is 0.308. The molecule has 17 heavy (non-hydrogen) atoms. The molecule has 0 atom stereocenters. The number of benzene rings is 1. The maximum Gasteiger partial charge on any atom is 0.294 e. The van der Waals surface area contributed by atoms with Crippen LogP contribution in [0.25, 0.3) is 0 Å². The molecule has 1 aliphatic rings. The Morgan fingerprint density at radius 2 is 1.94 bits per heavy atom. The highest BCUT2D eigenvalue weighted by Gasteiger charge is 2.16. The number of ether oxygens (including phenoxy) is 2. The number of para-hydroxylation sites is 1. The van der Waals surface area contributed by atoms with E-state index in [2.05, 4.69) is 5.32 Å². The average molecular weight is 233 g/mol. The summed E-state index contributed by atoms with van der Waals surface area (Å²) in [5.74, 6) is -0.0546. The smallest absolute Gasteiger partial charge is 0.294 e. The molecule has 1 heterocycles. The Balaban J connectivity index is 2.15. The second-order valence-corrected chi connectivity index (χ2v) is 3.92. The molecule has 0 aromatic heterocycles. The molecule has 0 aliphatic carbocycles. The van der Waals surface area contributed by atoms with Gasteiger partial charge in [0, 0.05) is 5.69 Å². The number of rotatable bonds is 2. The van der Waals surface area contributed by atoms with Gasteiger partial charge in [-0.05, 0) is 25.0 Å². The number of anilines is 1. The molecule has 0 saturated carbocycles. The molecule has 90 valence electrons. The molecule has 0 spiro atoms. The van der Waals surface area contributed by atoms with E-state index < -0.39 is 0 Å². The minimum absolute atomic E-state index is 0.221. The van der Waals surface area contributed by atoms with E-state index in [1.165, 1.54) is 6.26 Å². The van der Waals surface area contributed by atoms with E-state index in [1.54, 1.807) is 0 Å². The molecule has 0 unspecified atom stereocenters. The van der Waals surface area contributed by atoms with Gasteiger partial charge in [0.2, 0.25) is 5.76 Å². The Morgan fingerprint density at radius 1 is 1.24 bits per heavy atom. The maximum absolute atomic E-state index is 11.9. The number of aryl methyl sites for hydroxylation is 2. The molecule has 2 rings (SSSR count). The average Bonchev–Trinajstić information content (AvgIpc) is 2.35. The topological polar surface area (TPSA) is 47.6 Å². The number of amides is 1. The SMILES string of the molecule is Cc1cccc(C)c1NC(=O)C1=COCCO1. The molecule has 4 heteroatoms. The van der Waals surface area contributed by atoms with Crippen LogP contribution >= 0.6 is 0 Å². The third-order valence-corrected chi connectivity index (χ3v) is 2.59. The van der Waals surface area contributed by atoms with Crippen molar-refractivity contribution in [2.24, 2.45) is 0 Å². The summed E-state index contributed by atoms with van der Waals surface area (Å²) >= 11 is 0. The van der Waals surface area contributed by atoms with Crippen LogP contribution in [0.3, 0.4) is 0 Å². The molecule has 0 saturated heterocycles. The number of carbonyl (C=O) groups is 1. The summed E-state index contributed by atoms with van der Waals surface area (Å²) in [6.45, 7) is 4.80. The highest BCUT2D eigenvalue weighted by atomic mass is 16.6. The third-order valence-electron chi connectivity index (χ3n) is 2.59. The fourth-order valence-electron chi connectivity index (χ4n) is 1.67. The van der Waals surface area contributed by atoms with Crippen molar-refractivity contribution in [1.29, 1.82) is 0 Å². The van der Waals surface area contributed by atoms with Gasteiger partial charge in [-0.1, -0.05) is 18.2 Å². The zero-order valence-corrected chi connectivity index (χ0v) is 9.95. The van der Waals surface area contributed by atoms with Crippen LogP contribution in [0.4, 0.5) is 5.69 Å². The van der Waals surface area contributed by atoms with Crippen LogP contribution in [-0.2, 0) is 14.3 Å². The van der Waals surface area contributed by atoms with Gasteiger partial charge in [0.15, 0.2) is 0 Å². The molecule has 0 radical (unpaired) electrons. The summed E-state index contributed by atoms with van der Waals surface area (Å²) in [5, 5.41) is 2.84. The van der Waals surface area contributed by atoms with Gasteiger partial charge in [0.1, 0.15) is 19.5 Å². The van der Waals surface area contributed by atoms with E-state index in [0.29, 0.717) is 13.2 Å². The lowest BCUT2D eigenvalue weighted by Crippen LogP contribution is -2.21. The zero-order chi connectivity index (χ0) is 12.3. The second-order valence-electron chi connectivity index (χ2n) is 3.92. The Morgan fingerprint density at radius 3 is 2.53 bits per heavy atom. The van der Waals surface area contributed by atoms with Gasteiger partial charge in [0.05, 0.1) is 0 Å². The van der Waals surface area contributed by atoms with Crippen molar-refractivity contribution in [3.8, 4) is 0 Å². The lowest BCUT2D eigenvalue weighted by molar-refractivity contribution is -0.117. The van der Waals surface area contributed by atoms with E-state index in [0.717, 1.165) is 16.8 Å². The summed E-state index contributed by atoms with van der Waals surface area (Å²) in [7, 11) is 0. The Kier molecular flexibility index (Phi) is 3.32. The lowest BCUT2D eigenvalue weighted by Gasteiger charge is -2.16. The van der Waals surface area contributed by atoms with Gasteiger partial charge in [0.25, 0.3) is 5.91 Å². The number of nitrogens with one attached hydrogen (secondary N) is 1. The van der Waals surface area contributed by atoms with E-state index >= 15 is 0 Å². The molecule has 1 aromatic carbocycles. The third kappa shape index (κ3) is 2.58. The van der Waals surface area contributed by atoms with Crippen molar-refractivity contribution in [1.82, 2.24) is 0 Å². The zero-order valence-electron chi connectivity index (χ0n) is 9.95. The van der Waals surface area contributed by atoms with E-state index in [-0.39, 0.29) is 11.7 Å².